The minimum Gasteiger partial charge on any atom is -0.312 e. The van der Waals surface area contributed by atoms with Crippen molar-refractivity contribution in [3.8, 4) is 0 Å². The predicted molar refractivity (Wildman–Crippen MR) is 55.1 cm³/mol. The number of benzene rings is 1. The lowest BCUT2D eigenvalue weighted by Crippen LogP contribution is -2.24. The number of hydrogen-bond acceptors (Lipinski definition) is 1. The summed E-state index contributed by atoms with van der Waals surface area (Å²) in [4.78, 5) is 13.7. The summed E-state index contributed by atoms with van der Waals surface area (Å²) in [6, 6.07) is 9.98. The summed E-state index contributed by atoms with van der Waals surface area (Å²) in [6.45, 7) is 0.940. The van der Waals surface area contributed by atoms with Gasteiger partial charge in [0.2, 0.25) is 5.91 Å². The van der Waals surface area contributed by atoms with Crippen molar-refractivity contribution in [1.82, 2.24) is 0 Å². The topological polar surface area (TPSA) is 20.3 Å². The van der Waals surface area contributed by atoms with E-state index < -0.39 is 0 Å². The maximum absolute atomic E-state index is 11.8. The fraction of sp³-hybridized carbons (Fsp3) is 0.417. The molecule has 1 saturated carbocycles. The summed E-state index contributed by atoms with van der Waals surface area (Å²) in [5.74, 6) is 0.300. The molecular weight excluding hydrogens is 174 g/mol. The molecule has 2 nitrogen and oxygen atoms in total. The van der Waals surface area contributed by atoms with E-state index in [1.165, 1.54) is 12.8 Å². The van der Waals surface area contributed by atoms with Gasteiger partial charge in [-0.2, -0.15) is 0 Å². The fourth-order valence-electron chi connectivity index (χ4n) is 2.25. The van der Waals surface area contributed by atoms with Crippen molar-refractivity contribution in [2.24, 2.45) is 5.41 Å². The van der Waals surface area contributed by atoms with Gasteiger partial charge in [0.1, 0.15) is 0 Å². The first-order valence-corrected chi connectivity index (χ1v) is 5.15. The first-order chi connectivity index (χ1) is 6.79. The standard InChI is InChI=1S/C12H13NO/c14-11-8-12(6-7-12)9-13(11)10-4-2-1-3-5-10/h1-5H,6-9H2. The van der Waals surface area contributed by atoms with E-state index in [9.17, 15) is 4.79 Å². The Balaban J connectivity index is 1.90. The summed E-state index contributed by atoms with van der Waals surface area (Å²) < 4.78 is 0. The lowest BCUT2D eigenvalue weighted by Gasteiger charge is -2.16. The molecule has 1 saturated heterocycles. The van der Waals surface area contributed by atoms with Crippen LogP contribution in [0.2, 0.25) is 0 Å². The molecule has 0 bridgehead atoms. The number of amides is 1. The largest absolute Gasteiger partial charge is 0.312 e. The maximum Gasteiger partial charge on any atom is 0.227 e. The van der Waals surface area contributed by atoms with Crippen LogP contribution in [0.5, 0.6) is 0 Å². The predicted octanol–water partition coefficient (Wildman–Crippen LogP) is 2.20. The highest BCUT2D eigenvalue weighted by Gasteiger charge is 2.51. The van der Waals surface area contributed by atoms with Crippen LogP contribution in [-0.4, -0.2) is 12.5 Å². The molecule has 1 amide bonds. The van der Waals surface area contributed by atoms with Gasteiger partial charge in [-0.1, -0.05) is 18.2 Å². The molecule has 0 radical (unpaired) electrons. The van der Waals surface area contributed by atoms with E-state index in [2.05, 4.69) is 0 Å². The lowest BCUT2D eigenvalue weighted by molar-refractivity contribution is -0.117. The van der Waals surface area contributed by atoms with E-state index in [-0.39, 0.29) is 0 Å². The Kier molecular flexibility index (Phi) is 1.49. The molecule has 1 aromatic carbocycles. The molecule has 2 aliphatic rings. The van der Waals surface area contributed by atoms with Gasteiger partial charge in [0.15, 0.2) is 0 Å². The molecular formula is C12H13NO. The Hall–Kier alpha value is -1.31. The number of rotatable bonds is 1. The molecule has 14 heavy (non-hydrogen) atoms. The Morgan fingerprint density at radius 1 is 1.14 bits per heavy atom. The quantitative estimate of drug-likeness (QED) is 0.660. The summed E-state index contributed by atoms with van der Waals surface area (Å²) >= 11 is 0. The second-order valence-corrected chi connectivity index (χ2v) is 4.49. The van der Waals surface area contributed by atoms with E-state index in [4.69, 9.17) is 0 Å². The number of hydrogen-bond donors (Lipinski definition) is 0. The Labute approximate surface area is 83.5 Å². The van der Waals surface area contributed by atoms with Gasteiger partial charge < -0.3 is 4.90 Å². The van der Waals surface area contributed by atoms with Gasteiger partial charge in [-0.05, 0) is 30.4 Å². The van der Waals surface area contributed by atoms with Crippen molar-refractivity contribution < 1.29 is 4.79 Å². The van der Waals surface area contributed by atoms with Crippen molar-refractivity contribution in [3.63, 3.8) is 0 Å². The van der Waals surface area contributed by atoms with Gasteiger partial charge in [0.05, 0.1) is 0 Å². The zero-order valence-electron chi connectivity index (χ0n) is 8.07. The SMILES string of the molecule is O=C1CC2(CC2)CN1c1ccccc1. The van der Waals surface area contributed by atoms with Crippen LogP contribution in [0.3, 0.4) is 0 Å². The number of para-hydroxylation sites is 1. The molecule has 2 fully saturated rings. The summed E-state index contributed by atoms with van der Waals surface area (Å²) in [5, 5.41) is 0. The van der Waals surface area contributed by atoms with Gasteiger partial charge in [-0.15, -0.1) is 0 Å². The number of nitrogens with zero attached hydrogens (tertiary/aromatic N) is 1. The molecule has 1 aromatic rings. The second kappa shape index (κ2) is 2.59. The fourth-order valence-corrected chi connectivity index (χ4v) is 2.25. The lowest BCUT2D eigenvalue weighted by atomic mass is 10.1. The van der Waals surface area contributed by atoms with E-state index in [1.807, 2.05) is 35.2 Å². The highest BCUT2D eigenvalue weighted by atomic mass is 16.2. The van der Waals surface area contributed by atoms with Gasteiger partial charge in [-0.25, -0.2) is 0 Å². The van der Waals surface area contributed by atoms with Gasteiger partial charge in [0, 0.05) is 18.7 Å². The summed E-state index contributed by atoms with van der Waals surface area (Å²) in [7, 11) is 0. The van der Waals surface area contributed by atoms with E-state index in [0.29, 0.717) is 11.3 Å². The number of carbonyl (C=O) groups is 1. The molecule has 0 aromatic heterocycles. The van der Waals surface area contributed by atoms with Crippen LogP contribution in [-0.2, 0) is 4.79 Å². The third-order valence-corrected chi connectivity index (χ3v) is 3.35. The minimum atomic E-state index is 0.300. The molecule has 0 N–H and O–H groups in total. The van der Waals surface area contributed by atoms with Crippen LogP contribution in [0, 0.1) is 5.41 Å². The Morgan fingerprint density at radius 3 is 2.43 bits per heavy atom. The van der Waals surface area contributed by atoms with Crippen molar-refractivity contribution in [2.45, 2.75) is 19.3 Å². The van der Waals surface area contributed by atoms with E-state index in [0.717, 1.165) is 18.7 Å². The van der Waals surface area contributed by atoms with Crippen LogP contribution < -0.4 is 4.90 Å². The van der Waals surface area contributed by atoms with Crippen LogP contribution in [0.15, 0.2) is 30.3 Å². The van der Waals surface area contributed by atoms with Gasteiger partial charge in [-0.3, -0.25) is 4.79 Å². The highest BCUT2D eigenvalue weighted by Crippen LogP contribution is 2.53. The third-order valence-electron chi connectivity index (χ3n) is 3.35. The molecule has 1 heterocycles. The van der Waals surface area contributed by atoms with E-state index >= 15 is 0 Å². The Morgan fingerprint density at radius 2 is 1.86 bits per heavy atom. The molecule has 1 aliphatic heterocycles. The highest BCUT2D eigenvalue weighted by molar-refractivity contribution is 5.96. The summed E-state index contributed by atoms with van der Waals surface area (Å²) in [6.07, 6.45) is 3.24. The van der Waals surface area contributed by atoms with Crippen molar-refractivity contribution in [1.29, 1.82) is 0 Å². The third kappa shape index (κ3) is 1.14. The van der Waals surface area contributed by atoms with Crippen molar-refractivity contribution in [2.75, 3.05) is 11.4 Å². The van der Waals surface area contributed by atoms with Crippen LogP contribution in [0.4, 0.5) is 5.69 Å². The maximum atomic E-state index is 11.8. The monoisotopic (exact) mass is 187 g/mol. The first kappa shape index (κ1) is 8.04. The molecule has 1 spiro atoms. The van der Waals surface area contributed by atoms with Crippen LogP contribution in [0.25, 0.3) is 0 Å². The van der Waals surface area contributed by atoms with Crippen molar-refractivity contribution >= 4 is 11.6 Å². The normalized spacial score (nSPS) is 23.1. The van der Waals surface area contributed by atoms with Crippen molar-refractivity contribution in [3.05, 3.63) is 30.3 Å². The smallest absolute Gasteiger partial charge is 0.227 e. The van der Waals surface area contributed by atoms with Gasteiger partial charge >= 0.3 is 0 Å². The molecule has 3 rings (SSSR count). The molecule has 72 valence electrons. The molecule has 0 atom stereocenters. The average Bonchev–Trinajstić information content (AvgIpc) is 2.86. The first-order valence-electron chi connectivity index (χ1n) is 5.15. The zero-order valence-corrected chi connectivity index (χ0v) is 8.07. The van der Waals surface area contributed by atoms with Crippen LogP contribution >= 0.6 is 0 Å². The zero-order chi connectivity index (χ0) is 9.60. The minimum absolute atomic E-state index is 0.300. The van der Waals surface area contributed by atoms with E-state index in [1.54, 1.807) is 0 Å². The second-order valence-electron chi connectivity index (χ2n) is 4.49. The average molecular weight is 187 g/mol. The molecule has 0 unspecified atom stereocenters. The van der Waals surface area contributed by atoms with Crippen LogP contribution in [0.1, 0.15) is 19.3 Å². The number of carbonyl (C=O) groups excluding carboxylic acids is 1. The molecule has 1 aliphatic carbocycles. The van der Waals surface area contributed by atoms with Gasteiger partial charge in [0.25, 0.3) is 0 Å². The number of anilines is 1. The molecule has 2 heteroatoms. The summed E-state index contributed by atoms with van der Waals surface area (Å²) in [5.41, 5.74) is 1.42. The Bertz CT molecular complexity index is 367.